The summed E-state index contributed by atoms with van der Waals surface area (Å²) in [6.07, 6.45) is 51.4. The maximum absolute atomic E-state index is 2.79. The van der Waals surface area contributed by atoms with Gasteiger partial charge in [-0.3, -0.25) is 0 Å². The summed E-state index contributed by atoms with van der Waals surface area (Å²) in [4.78, 5) is 5.58. The van der Waals surface area contributed by atoms with Crippen molar-refractivity contribution in [1.29, 1.82) is 0 Å². The van der Waals surface area contributed by atoms with Gasteiger partial charge in [-0.1, -0.05) is 234 Å². The van der Waals surface area contributed by atoms with Gasteiger partial charge >= 0.3 is 0 Å². The van der Waals surface area contributed by atoms with Crippen LogP contribution in [0.25, 0.3) is 0 Å². The van der Waals surface area contributed by atoms with E-state index in [-0.39, 0.29) is 0 Å². The minimum absolute atomic E-state index is 1.36. The maximum atomic E-state index is 2.79. The molecule has 50 heavy (non-hydrogen) atoms. The van der Waals surface area contributed by atoms with Crippen LogP contribution in [-0.4, -0.2) is 49.1 Å². The van der Waals surface area contributed by atoms with Crippen molar-refractivity contribution in [2.24, 2.45) is 0 Å². The van der Waals surface area contributed by atoms with E-state index in [1.54, 1.807) is 0 Å². The van der Waals surface area contributed by atoms with Crippen LogP contribution in [0.3, 0.4) is 0 Å². The SMILES string of the molecule is CCCCCCCCN(CCCCCCCC)CCCCCCCC.CCCCCCCCN(CCCCCCCC)CCCCCCCC. The van der Waals surface area contributed by atoms with Crippen molar-refractivity contribution in [2.45, 2.75) is 273 Å². The molecule has 0 heterocycles. The topological polar surface area (TPSA) is 6.48 Å². The molecule has 0 N–H and O–H groups in total. The number of hydrogen-bond acceptors (Lipinski definition) is 2. The second-order valence-corrected chi connectivity index (χ2v) is 16.3. The Morgan fingerprint density at radius 3 is 0.420 bits per heavy atom. The van der Waals surface area contributed by atoms with Crippen LogP contribution in [0.5, 0.6) is 0 Å². The largest absolute Gasteiger partial charge is 0.303 e. The molecule has 304 valence electrons. The molecular weight excluding hydrogens is 605 g/mol. The Morgan fingerprint density at radius 1 is 0.160 bits per heavy atom. The average molecular weight is 707 g/mol. The summed E-state index contributed by atoms with van der Waals surface area (Å²) in [5.74, 6) is 0. The number of unbranched alkanes of at least 4 members (excludes halogenated alkanes) is 30. The van der Waals surface area contributed by atoms with Crippen LogP contribution >= 0.6 is 0 Å². The van der Waals surface area contributed by atoms with Gasteiger partial charge in [0.2, 0.25) is 0 Å². The summed E-state index contributed by atoms with van der Waals surface area (Å²) in [7, 11) is 0. The summed E-state index contributed by atoms with van der Waals surface area (Å²) < 4.78 is 0. The molecule has 0 aliphatic carbocycles. The summed E-state index contributed by atoms with van der Waals surface area (Å²) in [6, 6.07) is 0. The molecule has 0 saturated carbocycles. The van der Waals surface area contributed by atoms with E-state index in [2.05, 4.69) is 51.3 Å². The maximum Gasteiger partial charge on any atom is -0.00187 e. The van der Waals surface area contributed by atoms with E-state index in [1.807, 2.05) is 0 Å². The zero-order valence-electron chi connectivity index (χ0n) is 36.6. The van der Waals surface area contributed by atoms with Gasteiger partial charge in [0.05, 0.1) is 0 Å². The fraction of sp³-hybridized carbons (Fsp3) is 1.00. The Bertz CT molecular complexity index is 424. The Labute approximate surface area is 320 Å². The quantitative estimate of drug-likeness (QED) is 0.0583. The molecule has 0 amide bonds. The third kappa shape index (κ3) is 45.9. The standard InChI is InChI=1S/2C24H51N/c2*1-4-7-10-13-16-19-22-25(23-20-17-14-11-8-5-2)24-21-18-15-12-9-6-3/h2*4-24H2,1-3H3. The lowest BCUT2D eigenvalue weighted by atomic mass is 10.1. The van der Waals surface area contributed by atoms with Crippen molar-refractivity contribution in [1.82, 2.24) is 9.80 Å². The number of nitrogens with zero attached hydrogens (tertiary/aromatic N) is 2. The van der Waals surface area contributed by atoms with E-state index in [9.17, 15) is 0 Å². The molecule has 0 saturated heterocycles. The van der Waals surface area contributed by atoms with E-state index in [1.165, 1.54) is 270 Å². The van der Waals surface area contributed by atoms with E-state index in [4.69, 9.17) is 0 Å². The average Bonchev–Trinajstić information content (AvgIpc) is 3.13. The molecule has 0 bridgehead atoms. The highest BCUT2D eigenvalue weighted by molar-refractivity contribution is 4.62. The molecule has 0 spiro atoms. The van der Waals surface area contributed by atoms with Gasteiger partial charge in [-0.05, 0) is 77.8 Å². The van der Waals surface area contributed by atoms with Crippen LogP contribution in [0.1, 0.15) is 273 Å². The molecule has 0 aliphatic rings. The second-order valence-electron chi connectivity index (χ2n) is 16.3. The van der Waals surface area contributed by atoms with Crippen molar-refractivity contribution < 1.29 is 0 Å². The van der Waals surface area contributed by atoms with Crippen molar-refractivity contribution >= 4 is 0 Å². The first-order valence-corrected chi connectivity index (χ1v) is 24.1. The molecule has 0 atom stereocenters. The minimum Gasteiger partial charge on any atom is -0.303 e. The zero-order chi connectivity index (χ0) is 36.9. The second kappa shape index (κ2) is 48.9. The van der Waals surface area contributed by atoms with Crippen LogP contribution in [0.2, 0.25) is 0 Å². The molecular formula is C48H102N2. The lowest BCUT2D eigenvalue weighted by Gasteiger charge is -2.22. The van der Waals surface area contributed by atoms with Crippen LogP contribution in [0, 0.1) is 0 Å². The molecule has 0 aliphatic heterocycles. The van der Waals surface area contributed by atoms with Gasteiger partial charge in [-0.15, -0.1) is 0 Å². The number of rotatable bonds is 42. The molecule has 2 nitrogen and oxygen atoms in total. The van der Waals surface area contributed by atoms with Crippen molar-refractivity contribution in [3.05, 3.63) is 0 Å². The molecule has 0 aromatic heterocycles. The Morgan fingerprint density at radius 2 is 0.280 bits per heavy atom. The fourth-order valence-electron chi connectivity index (χ4n) is 7.37. The lowest BCUT2D eigenvalue weighted by Crippen LogP contribution is -2.27. The Balaban J connectivity index is 0. The third-order valence-corrected chi connectivity index (χ3v) is 11.0. The van der Waals surface area contributed by atoms with E-state index in [0.717, 1.165) is 0 Å². The molecule has 0 unspecified atom stereocenters. The van der Waals surface area contributed by atoms with E-state index >= 15 is 0 Å². The van der Waals surface area contributed by atoms with E-state index < -0.39 is 0 Å². The third-order valence-electron chi connectivity index (χ3n) is 11.0. The summed E-state index contributed by atoms with van der Waals surface area (Å²) >= 11 is 0. The highest BCUT2D eigenvalue weighted by Gasteiger charge is 2.06. The van der Waals surface area contributed by atoms with Crippen LogP contribution in [-0.2, 0) is 0 Å². The van der Waals surface area contributed by atoms with Gasteiger partial charge in [0, 0.05) is 0 Å². The first kappa shape index (κ1) is 52.0. The van der Waals surface area contributed by atoms with Crippen LogP contribution in [0.15, 0.2) is 0 Å². The van der Waals surface area contributed by atoms with Crippen molar-refractivity contribution in [2.75, 3.05) is 39.3 Å². The smallest absolute Gasteiger partial charge is 0.00187 e. The fourth-order valence-corrected chi connectivity index (χ4v) is 7.37. The molecule has 2 heteroatoms. The highest BCUT2D eigenvalue weighted by Crippen LogP contribution is 2.13. The van der Waals surface area contributed by atoms with Gasteiger partial charge < -0.3 is 9.80 Å². The van der Waals surface area contributed by atoms with Crippen molar-refractivity contribution in [3.63, 3.8) is 0 Å². The summed E-state index contributed by atoms with van der Waals surface area (Å²) in [5, 5.41) is 0. The lowest BCUT2D eigenvalue weighted by molar-refractivity contribution is 0.254. The molecule has 0 radical (unpaired) electrons. The van der Waals surface area contributed by atoms with Crippen LogP contribution < -0.4 is 0 Å². The Hall–Kier alpha value is -0.0800. The minimum atomic E-state index is 1.36. The normalized spacial score (nSPS) is 11.5. The number of hydrogen-bond donors (Lipinski definition) is 0. The van der Waals surface area contributed by atoms with Gasteiger partial charge in [-0.25, -0.2) is 0 Å². The molecule has 0 aromatic rings. The van der Waals surface area contributed by atoms with Gasteiger partial charge in [0.15, 0.2) is 0 Å². The molecule has 0 rings (SSSR count). The Kier molecular flexibility index (Phi) is 50.9. The molecule has 0 fully saturated rings. The van der Waals surface area contributed by atoms with Crippen LogP contribution in [0.4, 0.5) is 0 Å². The highest BCUT2D eigenvalue weighted by atomic mass is 15.1. The monoisotopic (exact) mass is 707 g/mol. The van der Waals surface area contributed by atoms with Gasteiger partial charge in [0.1, 0.15) is 0 Å². The first-order chi connectivity index (χ1) is 24.7. The predicted octanol–water partition coefficient (Wildman–Crippen LogP) is 16.7. The van der Waals surface area contributed by atoms with Gasteiger partial charge in [0.25, 0.3) is 0 Å². The summed E-state index contributed by atoms with van der Waals surface area (Å²) in [5.41, 5.74) is 0. The predicted molar refractivity (Wildman–Crippen MR) is 233 cm³/mol. The van der Waals surface area contributed by atoms with Gasteiger partial charge in [-0.2, -0.15) is 0 Å². The summed E-state index contributed by atoms with van der Waals surface area (Å²) in [6.45, 7) is 22.0. The zero-order valence-corrected chi connectivity index (χ0v) is 36.6. The van der Waals surface area contributed by atoms with Crippen molar-refractivity contribution in [3.8, 4) is 0 Å². The van der Waals surface area contributed by atoms with E-state index in [0.29, 0.717) is 0 Å². The molecule has 0 aromatic carbocycles. The first-order valence-electron chi connectivity index (χ1n) is 24.1.